The summed E-state index contributed by atoms with van der Waals surface area (Å²) in [5.41, 5.74) is 1.88. The molecule has 0 saturated carbocycles. The fourth-order valence-electron chi connectivity index (χ4n) is 2.39. The number of imidazole rings is 2. The molecule has 26 heavy (non-hydrogen) atoms. The molecule has 0 aliphatic rings. The van der Waals surface area contributed by atoms with Gasteiger partial charge in [-0.15, -0.1) is 0 Å². The third-order valence-corrected chi connectivity index (χ3v) is 4.60. The van der Waals surface area contributed by atoms with Crippen molar-refractivity contribution in [3.8, 4) is 0 Å². The normalized spacial score (nSPS) is 11.7. The first-order valence-corrected chi connectivity index (χ1v) is 8.77. The van der Waals surface area contributed by atoms with Gasteiger partial charge in [-0.2, -0.15) is 8.42 Å². The molecule has 2 aromatic heterocycles. The first kappa shape index (κ1) is 16.0. The molecule has 0 radical (unpaired) electrons. The van der Waals surface area contributed by atoms with Gasteiger partial charge in [0.25, 0.3) is 0 Å². The highest BCUT2D eigenvalue weighted by molar-refractivity contribution is 8.02. The summed E-state index contributed by atoms with van der Waals surface area (Å²) in [6.45, 7) is 0. The Kier molecular flexibility index (Phi) is 3.55. The molecule has 4 rings (SSSR count). The van der Waals surface area contributed by atoms with Gasteiger partial charge in [-0.25, -0.2) is 14.8 Å². The molecular weight excluding hydrogens is 360 g/mol. The van der Waals surface area contributed by atoms with Crippen LogP contribution >= 0.6 is 0 Å². The van der Waals surface area contributed by atoms with Crippen LogP contribution < -0.4 is 0 Å². The van der Waals surface area contributed by atoms with E-state index in [9.17, 15) is 18.0 Å². The van der Waals surface area contributed by atoms with Gasteiger partial charge in [-0.3, -0.25) is 4.79 Å². The molecule has 0 bridgehead atoms. The number of fused-ring (bicyclic) bond motifs is 2. The number of aromatic amines is 2. The molecular formula is C16H10N4O5S. The van der Waals surface area contributed by atoms with E-state index in [1.54, 1.807) is 48.5 Å². The first-order valence-electron chi connectivity index (χ1n) is 7.37. The van der Waals surface area contributed by atoms with E-state index < -0.39 is 27.0 Å². The minimum Gasteiger partial charge on any atom is -0.334 e. The number of para-hydroxylation sites is 4. The molecule has 0 spiro atoms. The maximum atomic E-state index is 12.2. The quantitative estimate of drug-likeness (QED) is 0.513. The molecule has 0 unspecified atom stereocenters. The van der Waals surface area contributed by atoms with Gasteiger partial charge in [-0.05, 0) is 24.3 Å². The van der Waals surface area contributed by atoms with Gasteiger partial charge < -0.3 is 14.2 Å². The van der Waals surface area contributed by atoms with Gasteiger partial charge in [0.15, 0.2) is 5.82 Å². The summed E-state index contributed by atoms with van der Waals surface area (Å²) in [7, 11) is -4.89. The number of H-pyrrole nitrogens is 2. The van der Waals surface area contributed by atoms with Crippen molar-refractivity contribution in [2.75, 3.05) is 0 Å². The van der Waals surface area contributed by atoms with E-state index >= 15 is 0 Å². The number of nitrogens with zero attached hydrogens (tertiary/aromatic N) is 2. The topological polar surface area (TPSA) is 135 Å². The van der Waals surface area contributed by atoms with Gasteiger partial charge in [-0.1, -0.05) is 24.3 Å². The van der Waals surface area contributed by atoms with Crippen molar-refractivity contribution < 1.29 is 22.2 Å². The van der Waals surface area contributed by atoms with Crippen molar-refractivity contribution in [3.63, 3.8) is 0 Å². The molecule has 0 aliphatic carbocycles. The number of hydrogen-bond acceptors (Lipinski definition) is 7. The number of nitrogens with one attached hydrogen (secondary N) is 2. The Morgan fingerprint density at radius 1 is 0.808 bits per heavy atom. The Labute approximate surface area is 146 Å². The molecule has 0 fully saturated rings. The predicted octanol–water partition coefficient (Wildman–Crippen LogP) is 1.77. The van der Waals surface area contributed by atoms with E-state index in [1.807, 2.05) is 0 Å². The number of rotatable bonds is 2. The van der Waals surface area contributed by atoms with Gasteiger partial charge in [0.2, 0.25) is 5.82 Å². The van der Waals surface area contributed by atoms with Gasteiger partial charge in [0, 0.05) is 0 Å². The monoisotopic (exact) mass is 370 g/mol. The molecule has 9 nitrogen and oxygen atoms in total. The maximum absolute atomic E-state index is 12.2. The number of aromatic nitrogens is 4. The van der Waals surface area contributed by atoms with E-state index in [2.05, 4.69) is 24.1 Å². The largest absolute Gasteiger partial charge is 0.390 e. The first-order chi connectivity index (χ1) is 12.4. The zero-order chi connectivity index (χ0) is 18.3. The third-order valence-electron chi connectivity index (χ3n) is 3.58. The number of carbonyl (C=O) groups excluding carboxylic acids is 2. The van der Waals surface area contributed by atoms with Gasteiger partial charge >= 0.3 is 21.2 Å². The Balaban J connectivity index is 1.61. The van der Waals surface area contributed by atoms with Crippen LogP contribution in [0.5, 0.6) is 0 Å². The molecule has 130 valence electrons. The summed E-state index contributed by atoms with van der Waals surface area (Å²) in [5.74, 6) is -2.05. The molecule has 0 saturated heterocycles. The Hall–Kier alpha value is -3.53. The van der Waals surface area contributed by atoms with Crippen LogP contribution in [-0.2, 0) is 14.3 Å². The summed E-state index contributed by atoms with van der Waals surface area (Å²) in [6.07, 6.45) is 0. The van der Waals surface area contributed by atoms with Crippen LogP contribution in [0.4, 0.5) is 0 Å². The van der Waals surface area contributed by atoms with Crippen LogP contribution in [0.2, 0.25) is 0 Å². The minimum atomic E-state index is -4.89. The van der Waals surface area contributed by atoms with Crippen molar-refractivity contribution in [2.45, 2.75) is 0 Å². The molecule has 10 heteroatoms. The van der Waals surface area contributed by atoms with Crippen molar-refractivity contribution in [1.82, 2.24) is 19.9 Å². The number of benzene rings is 2. The highest BCUT2D eigenvalue weighted by Gasteiger charge is 2.32. The average molecular weight is 370 g/mol. The average Bonchev–Trinajstić information content (AvgIpc) is 3.24. The number of carbonyl (C=O) groups is 2. The molecule has 2 aromatic carbocycles. The lowest BCUT2D eigenvalue weighted by Crippen LogP contribution is -2.23. The van der Waals surface area contributed by atoms with Crippen LogP contribution in [0.25, 0.3) is 22.1 Å². The van der Waals surface area contributed by atoms with E-state index in [-0.39, 0.29) is 5.82 Å². The SMILES string of the molecule is O=C(OS(=O)(=O)C(=O)c1nc2ccccc2[nH]1)c1nc2ccccc2[nH]1. The lowest BCUT2D eigenvalue weighted by atomic mass is 10.3. The lowest BCUT2D eigenvalue weighted by Gasteiger charge is -2.01. The van der Waals surface area contributed by atoms with Crippen LogP contribution in [-0.4, -0.2) is 39.4 Å². The van der Waals surface area contributed by atoms with Crippen molar-refractivity contribution in [2.24, 2.45) is 0 Å². The summed E-state index contributed by atoms with van der Waals surface area (Å²) in [6, 6.07) is 13.3. The molecule has 0 amide bonds. The van der Waals surface area contributed by atoms with Crippen LogP contribution in [0.3, 0.4) is 0 Å². The van der Waals surface area contributed by atoms with E-state index in [4.69, 9.17) is 0 Å². The number of hydrogen-bond donors (Lipinski definition) is 2. The Morgan fingerprint density at radius 3 is 1.88 bits per heavy atom. The molecule has 2 N–H and O–H groups in total. The predicted molar refractivity (Wildman–Crippen MR) is 90.9 cm³/mol. The molecule has 4 aromatic rings. The highest BCUT2D eigenvalue weighted by Crippen LogP contribution is 2.15. The summed E-state index contributed by atoms with van der Waals surface area (Å²) >= 11 is 0. The third kappa shape index (κ3) is 2.71. The second-order valence-corrected chi connectivity index (χ2v) is 6.76. The van der Waals surface area contributed by atoms with Gasteiger partial charge in [0.1, 0.15) is 0 Å². The van der Waals surface area contributed by atoms with E-state index in [0.717, 1.165) is 0 Å². The second kappa shape index (κ2) is 5.77. The van der Waals surface area contributed by atoms with Gasteiger partial charge in [0.05, 0.1) is 22.1 Å². The van der Waals surface area contributed by atoms with Crippen LogP contribution in [0, 0.1) is 0 Å². The smallest absolute Gasteiger partial charge is 0.334 e. The lowest BCUT2D eigenvalue weighted by molar-refractivity contribution is 0.0724. The fourth-order valence-corrected chi connectivity index (χ4v) is 3.08. The standard InChI is InChI=1S/C16H10N4O5S/c21-15(13-17-9-5-1-2-6-10(9)18-13)25-26(23,24)16(22)14-19-11-7-3-4-8-12(11)20-14/h1-8H,(H,17,18)(H,19,20). The van der Waals surface area contributed by atoms with Crippen molar-refractivity contribution >= 4 is 43.3 Å². The second-order valence-electron chi connectivity index (χ2n) is 5.32. The molecule has 2 heterocycles. The highest BCUT2D eigenvalue weighted by atomic mass is 32.2. The molecule has 0 aliphatic heterocycles. The Morgan fingerprint density at radius 2 is 1.31 bits per heavy atom. The summed E-state index contributed by atoms with van der Waals surface area (Å²) < 4.78 is 28.6. The fraction of sp³-hybridized carbons (Fsp3) is 0. The molecule has 0 atom stereocenters. The summed E-state index contributed by atoms with van der Waals surface area (Å²) in [5, 5.41) is -1.45. The van der Waals surface area contributed by atoms with Crippen molar-refractivity contribution in [3.05, 3.63) is 60.2 Å². The minimum absolute atomic E-state index is 0.327. The van der Waals surface area contributed by atoms with Crippen LogP contribution in [0.15, 0.2) is 48.5 Å². The maximum Gasteiger partial charge on any atom is 0.390 e. The van der Waals surface area contributed by atoms with Crippen LogP contribution in [0.1, 0.15) is 21.2 Å². The Bertz CT molecular complexity index is 1210. The zero-order valence-electron chi connectivity index (χ0n) is 13.0. The van der Waals surface area contributed by atoms with E-state index in [0.29, 0.717) is 22.1 Å². The summed E-state index contributed by atoms with van der Waals surface area (Å²) in [4.78, 5) is 37.3. The van der Waals surface area contributed by atoms with Crippen molar-refractivity contribution in [1.29, 1.82) is 0 Å². The zero-order valence-corrected chi connectivity index (χ0v) is 13.8. The van der Waals surface area contributed by atoms with E-state index in [1.165, 1.54) is 0 Å².